The van der Waals surface area contributed by atoms with Gasteiger partial charge in [0.15, 0.2) is 5.92 Å². The summed E-state index contributed by atoms with van der Waals surface area (Å²) in [6, 6.07) is -0.0811. The normalized spacial score (nSPS) is 14.1. The molecule has 0 amide bonds. The molecule has 0 saturated carbocycles. The zero-order valence-electron chi connectivity index (χ0n) is 13.8. The molecule has 0 spiro atoms. The van der Waals surface area contributed by atoms with E-state index in [1.54, 1.807) is 41.5 Å². The Morgan fingerprint density at radius 3 is 1.50 bits per heavy atom. The maximum atomic E-state index is 12.1. The van der Waals surface area contributed by atoms with Gasteiger partial charge < -0.3 is 15.2 Å². The molecule has 0 saturated heterocycles. The lowest BCUT2D eigenvalue weighted by atomic mass is 10.00. The van der Waals surface area contributed by atoms with E-state index in [1.807, 2.05) is 6.92 Å². The molecule has 0 aliphatic rings. The first-order chi connectivity index (χ1) is 8.82. The fourth-order valence-corrected chi connectivity index (χ4v) is 1.51. The second-order valence-electron chi connectivity index (χ2n) is 7.17. The van der Waals surface area contributed by atoms with Crippen molar-refractivity contribution in [1.29, 1.82) is 0 Å². The van der Waals surface area contributed by atoms with Crippen molar-refractivity contribution in [2.45, 2.75) is 78.6 Å². The molecule has 0 heterocycles. The molecule has 0 aromatic rings. The Bertz CT molecular complexity index is 309. The second kappa shape index (κ2) is 7.07. The molecule has 0 aromatic carbocycles. The molecular formula is C15H29NO4. The van der Waals surface area contributed by atoms with Gasteiger partial charge in [-0.1, -0.05) is 0 Å². The Morgan fingerprint density at radius 2 is 1.25 bits per heavy atom. The van der Waals surface area contributed by atoms with Crippen LogP contribution < -0.4 is 5.73 Å². The molecule has 1 atom stereocenters. The van der Waals surface area contributed by atoms with Crippen molar-refractivity contribution in [2.75, 3.05) is 0 Å². The topological polar surface area (TPSA) is 78.6 Å². The average Bonchev–Trinajstić information content (AvgIpc) is 2.10. The number of carbonyl (C=O) groups is 2. The number of hydrogen-bond donors (Lipinski definition) is 1. The lowest BCUT2D eigenvalue weighted by Crippen LogP contribution is -2.37. The Kier molecular flexibility index (Phi) is 6.68. The van der Waals surface area contributed by atoms with Crippen LogP contribution in [0.15, 0.2) is 0 Å². The van der Waals surface area contributed by atoms with Gasteiger partial charge in [0.25, 0.3) is 0 Å². The third kappa shape index (κ3) is 8.91. The van der Waals surface area contributed by atoms with Crippen molar-refractivity contribution in [2.24, 2.45) is 11.7 Å². The first-order valence-electron chi connectivity index (χ1n) is 7.03. The van der Waals surface area contributed by atoms with Crippen LogP contribution in [0.4, 0.5) is 0 Å². The molecule has 1 unspecified atom stereocenters. The van der Waals surface area contributed by atoms with Gasteiger partial charge in [0, 0.05) is 6.04 Å². The lowest BCUT2D eigenvalue weighted by Gasteiger charge is -2.26. The Hall–Kier alpha value is -1.10. The number of rotatable bonds is 5. The van der Waals surface area contributed by atoms with Crippen molar-refractivity contribution >= 4 is 11.9 Å². The van der Waals surface area contributed by atoms with E-state index in [0.717, 1.165) is 0 Å². The molecular weight excluding hydrogens is 258 g/mol. The number of nitrogens with two attached hydrogens (primary N) is 1. The van der Waals surface area contributed by atoms with E-state index in [-0.39, 0.29) is 6.04 Å². The smallest absolute Gasteiger partial charge is 0.320 e. The number of carbonyl (C=O) groups excluding carboxylic acids is 2. The van der Waals surface area contributed by atoms with Gasteiger partial charge in [-0.3, -0.25) is 9.59 Å². The molecule has 0 rings (SSSR count). The van der Waals surface area contributed by atoms with Gasteiger partial charge in [-0.25, -0.2) is 0 Å². The van der Waals surface area contributed by atoms with Crippen molar-refractivity contribution in [1.82, 2.24) is 0 Å². The summed E-state index contributed by atoms with van der Waals surface area (Å²) >= 11 is 0. The Labute approximate surface area is 122 Å². The summed E-state index contributed by atoms with van der Waals surface area (Å²) in [6.45, 7) is 12.4. The summed E-state index contributed by atoms with van der Waals surface area (Å²) < 4.78 is 10.6. The predicted molar refractivity (Wildman–Crippen MR) is 78.1 cm³/mol. The standard InChI is InChI=1S/C15H29NO4/c1-10(16)8-9-11(12(17)19-14(2,3)4)13(18)20-15(5,6)7/h10-11H,8-9,16H2,1-7H3. The van der Waals surface area contributed by atoms with Gasteiger partial charge in [0.1, 0.15) is 11.2 Å². The SMILES string of the molecule is CC(N)CCC(C(=O)OC(C)(C)C)C(=O)OC(C)(C)C. The van der Waals surface area contributed by atoms with Crippen LogP contribution in [0.25, 0.3) is 0 Å². The van der Waals surface area contributed by atoms with Crippen LogP contribution in [0.3, 0.4) is 0 Å². The summed E-state index contributed by atoms with van der Waals surface area (Å²) in [5.74, 6) is -2.01. The summed E-state index contributed by atoms with van der Waals surface area (Å²) in [6.07, 6.45) is 0.893. The fraction of sp³-hybridized carbons (Fsp3) is 0.867. The fourth-order valence-electron chi connectivity index (χ4n) is 1.51. The maximum absolute atomic E-state index is 12.1. The number of ether oxygens (including phenoxy) is 2. The largest absolute Gasteiger partial charge is 0.459 e. The molecule has 5 nitrogen and oxygen atoms in total. The minimum absolute atomic E-state index is 0.0811. The van der Waals surface area contributed by atoms with Crippen LogP contribution in [0.2, 0.25) is 0 Å². The zero-order chi connectivity index (χ0) is 16.1. The Balaban J connectivity index is 4.88. The van der Waals surface area contributed by atoms with E-state index in [4.69, 9.17) is 15.2 Å². The molecule has 0 radical (unpaired) electrons. The third-order valence-corrected chi connectivity index (χ3v) is 2.29. The van der Waals surface area contributed by atoms with Crippen LogP contribution in [0.1, 0.15) is 61.3 Å². The van der Waals surface area contributed by atoms with Crippen molar-refractivity contribution in [3.63, 3.8) is 0 Å². The van der Waals surface area contributed by atoms with Gasteiger partial charge in [0.05, 0.1) is 0 Å². The quantitative estimate of drug-likeness (QED) is 0.620. The molecule has 0 bridgehead atoms. The van der Waals surface area contributed by atoms with Crippen LogP contribution in [-0.4, -0.2) is 29.2 Å². The molecule has 2 N–H and O–H groups in total. The Morgan fingerprint density at radius 1 is 0.900 bits per heavy atom. The van der Waals surface area contributed by atoms with Crippen molar-refractivity contribution in [3.8, 4) is 0 Å². The zero-order valence-corrected chi connectivity index (χ0v) is 13.8. The third-order valence-electron chi connectivity index (χ3n) is 2.29. The highest BCUT2D eigenvalue weighted by molar-refractivity contribution is 5.95. The van der Waals surface area contributed by atoms with Gasteiger partial charge in [-0.05, 0) is 61.3 Å². The van der Waals surface area contributed by atoms with E-state index in [2.05, 4.69) is 0 Å². The van der Waals surface area contributed by atoms with E-state index >= 15 is 0 Å². The van der Waals surface area contributed by atoms with E-state index < -0.39 is 29.1 Å². The second-order valence-corrected chi connectivity index (χ2v) is 7.17. The molecule has 0 aromatic heterocycles. The molecule has 0 aliphatic carbocycles. The molecule has 118 valence electrons. The lowest BCUT2D eigenvalue weighted by molar-refractivity contribution is -0.174. The maximum Gasteiger partial charge on any atom is 0.320 e. The monoisotopic (exact) mass is 287 g/mol. The van der Waals surface area contributed by atoms with Gasteiger partial charge in [-0.15, -0.1) is 0 Å². The van der Waals surface area contributed by atoms with E-state index in [0.29, 0.717) is 12.8 Å². The van der Waals surface area contributed by atoms with Crippen molar-refractivity contribution in [3.05, 3.63) is 0 Å². The summed E-state index contributed by atoms with van der Waals surface area (Å²) in [7, 11) is 0. The molecule has 20 heavy (non-hydrogen) atoms. The van der Waals surface area contributed by atoms with E-state index in [9.17, 15) is 9.59 Å². The molecule has 5 heteroatoms. The summed E-state index contributed by atoms with van der Waals surface area (Å²) in [4.78, 5) is 24.3. The average molecular weight is 287 g/mol. The molecule has 0 fully saturated rings. The van der Waals surface area contributed by atoms with Crippen LogP contribution in [0.5, 0.6) is 0 Å². The summed E-state index contributed by atoms with van der Waals surface area (Å²) in [5, 5.41) is 0. The highest BCUT2D eigenvalue weighted by Gasteiger charge is 2.34. The number of hydrogen-bond acceptors (Lipinski definition) is 5. The van der Waals surface area contributed by atoms with Crippen molar-refractivity contribution < 1.29 is 19.1 Å². The van der Waals surface area contributed by atoms with Gasteiger partial charge in [0.2, 0.25) is 0 Å². The van der Waals surface area contributed by atoms with Crippen LogP contribution in [0, 0.1) is 5.92 Å². The highest BCUT2D eigenvalue weighted by Crippen LogP contribution is 2.20. The highest BCUT2D eigenvalue weighted by atomic mass is 16.6. The van der Waals surface area contributed by atoms with Crippen LogP contribution >= 0.6 is 0 Å². The van der Waals surface area contributed by atoms with Crippen LogP contribution in [-0.2, 0) is 19.1 Å². The minimum Gasteiger partial charge on any atom is -0.459 e. The minimum atomic E-state index is -0.917. The number of esters is 2. The molecule has 0 aliphatic heterocycles. The van der Waals surface area contributed by atoms with Gasteiger partial charge in [-0.2, -0.15) is 0 Å². The van der Waals surface area contributed by atoms with E-state index in [1.165, 1.54) is 0 Å². The first-order valence-corrected chi connectivity index (χ1v) is 7.03. The van der Waals surface area contributed by atoms with Gasteiger partial charge >= 0.3 is 11.9 Å². The summed E-state index contributed by atoms with van der Waals surface area (Å²) in [5.41, 5.74) is 4.42. The first kappa shape index (κ1) is 18.9. The predicted octanol–water partition coefficient (Wildman–Crippen LogP) is 2.41.